The van der Waals surface area contributed by atoms with Crippen LogP contribution in [0.3, 0.4) is 0 Å². The molecule has 0 bridgehead atoms. The summed E-state index contributed by atoms with van der Waals surface area (Å²) in [5.41, 5.74) is 17.0. The minimum atomic E-state index is -0.164. The summed E-state index contributed by atoms with van der Waals surface area (Å²) in [6.45, 7) is 1.81. The van der Waals surface area contributed by atoms with Gasteiger partial charge in [0.15, 0.2) is 0 Å². The lowest BCUT2D eigenvalue weighted by atomic mass is 10.2. The monoisotopic (exact) mass is 153 g/mol. The summed E-state index contributed by atoms with van der Waals surface area (Å²) >= 11 is 0. The molecule has 0 aliphatic carbocycles. The quantitative estimate of drug-likeness (QED) is 0.512. The fraction of sp³-hybridized carbons (Fsp3) is 0.333. The summed E-state index contributed by atoms with van der Waals surface area (Å²) in [6, 6.07) is 1.45. The van der Waals surface area contributed by atoms with Crippen LogP contribution in [-0.4, -0.2) is 9.97 Å². The lowest BCUT2D eigenvalue weighted by Gasteiger charge is -2.04. The highest BCUT2D eigenvalue weighted by atomic mass is 15.0. The predicted octanol–water partition coefficient (Wildman–Crippen LogP) is -0.339. The molecular formula is C6H11N5. The van der Waals surface area contributed by atoms with Crippen LogP contribution in [0.4, 0.5) is 11.8 Å². The first-order valence-corrected chi connectivity index (χ1v) is 3.25. The molecule has 1 heterocycles. The molecule has 5 heteroatoms. The zero-order valence-corrected chi connectivity index (χ0v) is 6.28. The van der Waals surface area contributed by atoms with Crippen molar-refractivity contribution in [2.75, 3.05) is 11.5 Å². The van der Waals surface area contributed by atoms with E-state index in [1.165, 1.54) is 0 Å². The van der Waals surface area contributed by atoms with E-state index in [1.54, 1.807) is 13.0 Å². The lowest BCUT2D eigenvalue weighted by Crippen LogP contribution is -2.10. The zero-order valence-electron chi connectivity index (χ0n) is 6.28. The molecule has 0 amide bonds. The van der Waals surface area contributed by atoms with Crippen molar-refractivity contribution in [3.63, 3.8) is 0 Å². The van der Waals surface area contributed by atoms with E-state index in [0.717, 1.165) is 0 Å². The van der Waals surface area contributed by atoms with Gasteiger partial charge in [0.1, 0.15) is 5.82 Å². The van der Waals surface area contributed by atoms with Gasteiger partial charge in [-0.05, 0) is 6.92 Å². The number of hydrogen-bond donors (Lipinski definition) is 3. The van der Waals surface area contributed by atoms with Gasteiger partial charge in [0.25, 0.3) is 0 Å². The van der Waals surface area contributed by atoms with E-state index < -0.39 is 0 Å². The molecule has 0 spiro atoms. The molecule has 1 unspecified atom stereocenters. The number of rotatable bonds is 1. The van der Waals surface area contributed by atoms with Crippen LogP contribution >= 0.6 is 0 Å². The summed E-state index contributed by atoms with van der Waals surface area (Å²) in [5.74, 6) is 0.516. The molecule has 0 fully saturated rings. The van der Waals surface area contributed by atoms with Gasteiger partial charge in [-0.15, -0.1) is 0 Å². The van der Waals surface area contributed by atoms with Crippen molar-refractivity contribution in [1.82, 2.24) is 9.97 Å². The highest BCUT2D eigenvalue weighted by Gasteiger charge is 2.03. The zero-order chi connectivity index (χ0) is 8.43. The number of nitrogens with zero attached hydrogens (tertiary/aromatic N) is 2. The van der Waals surface area contributed by atoms with Crippen molar-refractivity contribution in [1.29, 1.82) is 0 Å². The molecule has 1 aromatic rings. The number of aromatic nitrogens is 2. The fourth-order valence-electron chi connectivity index (χ4n) is 0.739. The average Bonchev–Trinajstić information content (AvgIpc) is 1.85. The highest BCUT2D eigenvalue weighted by Crippen LogP contribution is 2.09. The van der Waals surface area contributed by atoms with Crippen LogP contribution in [0.25, 0.3) is 0 Å². The maximum atomic E-state index is 5.55. The van der Waals surface area contributed by atoms with Crippen LogP contribution in [0.2, 0.25) is 0 Å². The minimum absolute atomic E-state index is 0.164. The molecule has 0 aliphatic rings. The maximum absolute atomic E-state index is 5.55. The Morgan fingerprint density at radius 1 is 1.36 bits per heavy atom. The van der Waals surface area contributed by atoms with E-state index in [-0.39, 0.29) is 12.0 Å². The van der Waals surface area contributed by atoms with E-state index in [0.29, 0.717) is 11.5 Å². The largest absolute Gasteiger partial charge is 0.384 e. The third-order valence-electron chi connectivity index (χ3n) is 1.25. The first-order valence-electron chi connectivity index (χ1n) is 3.25. The molecule has 0 aliphatic heterocycles. The average molecular weight is 153 g/mol. The molecule has 1 rings (SSSR count). The third-order valence-corrected chi connectivity index (χ3v) is 1.25. The molecule has 1 aromatic heterocycles. The Balaban J connectivity index is 3.08. The number of nitrogen functional groups attached to an aromatic ring is 2. The Morgan fingerprint density at radius 2 is 2.00 bits per heavy atom. The Bertz CT molecular complexity index is 237. The summed E-state index contributed by atoms with van der Waals surface area (Å²) in [4.78, 5) is 7.60. The summed E-state index contributed by atoms with van der Waals surface area (Å²) < 4.78 is 0. The molecule has 0 radical (unpaired) electrons. The molecule has 5 nitrogen and oxygen atoms in total. The van der Waals surface area contributed by atoms with E-state index in [4.69, 9.17) is 17.2 Å². The van der Waals surface area contributed by atoms with Gasteiger partial charge in [0, 0.05) is 12.1 Å². The van der Waals surface area contributed by atoms with Crippen molar-refractivity contribution in [2.24, 2.45) is 5.73 Å². The van der Waals surface area contributed by atoms with Crippen molar-refractivity contribution in [3.05, 3.63) is 11.8 Å². The minimum Gasteiger partial charge on any atom is -0.384 e. The standard InChI is InChI=1S/C6H11N5/c1-3(7)4-2-5(8)11-6(9)10-4/h2-3H,7H2,1H3,(H4,8,9,10,11). The molecule has 60 valence electrons. The van der Waals surface area contributed by atoms with E-state index >= 15 is 0 Å². The molecule has 0 saturated carbocycles. The van der Waals surface area contributed by atoms with Crippen molar-refractivity contribution in [2.45, 2.75) is 13.0 Å². The van der Waals surface area contributed by atoms with Crippen LogP contribution in [0.5, 0.6) is 0 Å². The predicted molar refractivity (Wildman–Crippen MR) is 43.5 cm³/mol. The van der Waals surface area contributed by atoms with Crippen LogP contribution in [0, 0.1) is 0 Å². The van der Waals surface area contributed by atoms with Crippen LogP contribution < -0.4 is 17.2 Å². The van der Waals surface area contributed by atoms with Crippen LogP contribution in [0.1, 0.15) is 18.7 Å². The molecule has 11 heavy (non-hydrogen) atoms. The third kappa shape index (κ3) is 1.78. The molecule has 0 aromatic carbocycles. The number of hydrogen-bond acceptors (Lipinski definition) is 5. The van der Waals surface area contributed by atoms with Crippen LogP contribution in [0.15, 0.2) is 6.07 Å². The molecule has 0 saturated heterocycles. The SMILES string of the molecule is CC(N)c1cc(N)nc(N)n1. The Kier molecular flexibility index (Phi) is 1.91. The topological polar surface area (TPSA) is 104 Å². The fourth-order valence-corrected chi connectivity index (χ4v) is 0.739. The van der Waals surface area contributed by atoms with Crippen molar-refractivity contribution >= 4 is 11.8 Å². The van der Waals surface area contributed by atoms with Crippen molar-refractivity contribution in [3.8, 4) is 0 Å². The molecule has 1 atom stereocenters. The number of anilines is 2. The van der Waals surface area contributed by atoms with Crippen LogP contribution in [-0.2, 0) is 0 Å². The highest BCUT2D eigenvalue weighted by molar-refractivity contribution is 5.36. The number of nitrogens with two attached hydrogens (primary N) is 3. The van der Waals surface area contributed by atoms with Gasteiger partial charge in [-0.25, -0.2) is 4.98 Å². The Labute approximate surface area is 64.6 Å². The Hall–Kier alpha value is -1.36. The van der Waals surface area contributed by atoms with Crippen molar-refractivity contribution < 1.29 is 0 Å². The normalized spacial score (nSPS) is 12.9. The molecular weight excluding hydrogens is 142 g/mol. The van der Waals surface area contributed by atoms with Gasteiger partial charge in [-0.2, -0.15) is 4.98 Å². The second-order valence-corrected chi connectivity index (χ2v) is 2.36. The maximum Gasteiger partial charge on any atom is 0.222 e. The summed E-state index contributed by atoms with van der Waals surface area (Å²) in [6.07, 6.45) is 0. The Morgan fingerprint density at radius 3 is 2.45 bits per heavy atom. The van der Waals surface area contributed by atoms with E-state index in [1.807, 2.05) is 0 Å². The van der Waals surface area contributed by atoms with E-state index in [9.17, 15) is 0 Å². The molecule has 6 N–H and O–H groups in total. The van der Waals surface area contributed by atoms with Gasteiger partial charge in [0.05, 0.1) is 5.69 Å². The summed E-state index contributed by atoms with van der Waals surface area (Å²) in [7, 11) is 0. The lowest BCUT2D eigenvalue weighted by molar-refractivity contribution is 0.779. The van der Waals surface area contributed by atoms with Gasteiger partial charge in [0.2, 0.25) is 5.95 Å². The second kappa shape index (κ2) is 2.71. The summed E-state index contributed by atoms with van der Waals surface area (Å²) in [5, 5.41) is 0. The van der Waals surface area contributed by atoms with Gasteiger partial charge >= 0.3 is 0 Å². The van der Waals surface area contributed by atoms with Gasteiger partial charge in [-0.3, -0.25) is 0 Å². The first-order chi connectivity index (χ1) is 5.09. The van der Waals surface area contributed by atoms with E-state index in [2.05, 4.69) is 9.97 Å². The smallest absolute Gasteiger partial charge is 0.222 e. The van der Waals surface area contributed by atoms with Gasteiger partial charge in [-0.1, -0.05) is 0 Å². The second-order valence-electron chi connectivity index (χ2n) is 2.36. The van der Waals surface area contributed by atoms with Gasteiger partial charge < -0.3 is 17.2 Å². The first kappa shape index (κ1) is 7.74.